The van der Waals surface area contributed by atoms with E-state index in [0.29, 0.717) is 5.75 Å². The molecule has 4 heteroatoms. The van der Waals surface area contributed by atoms with E-state index in [9.17, 15) is 9.90 Å². The molecule has 1 atom stereocenters. The van der Waals surface area contributed by atoms with E-state index in [-0.39, 0.29) is 17.3 Å². The van der Waals surface area contributed by atoms with Gasteiger partial charge in [-0.05, 0) is 39.7 Å². The maximum absolute atomic E-state index is 11.1. The van der Waals surface area contributed by atoms with Crippen molar-refractivity contribution < 1.29 is 9.90 Å². The monoisotopic (exact) mass is 292 g/mol. The van der Waals surface area contributed by atoms with Gasteiger partial charge in [-0.25, -0.2) is 0 Å². The maximum Gasteiger partial charge on any atom is 0.219 e. The minimum absolute atomic E-state index is 0.0952. The fourth-order valence-corrected chi connectivity index (χ4v) is 2.35. The molecule has 0 saturated carbocycles. The van der Waals surface area contributed by atoms with Gasteiger partial charge in [0.2, 0.25) is 5.91 Å². The highest BCUT2D eigenvalue weighted by molar-refractivity contribution is 5.74. The largest absolute Gasteiger partial charge is 0.507 e. The molecule has 0 spiro atoms. The molecule has 0 aliphatic rings. The fourth-order valence-electron chi connectivity index (χ4n) is 2.35. The third-order valence-electron chi connectivity index (χ3n) is 3.60. The van der Waals surface area contributed by atoms with Gasteiger partial charge in [-0.2, -0.15) is 0 Å². The first-order valence-electron chi connectivity index (χ1n) is 7.25. The number of aromatic hydroxyl groups is 1. The molecule has 0 aliphatic carbocycles. The lowest BCUT2D eigenvalue weighted by atomic mass is 9.77. The smallest absolute Gasteiger partial charge is 0.219 e. The fraction of sp³-hybridized carbons (Fsp3) is 0.588. The second-order valence-corrected chi connectivity index (χ2v) is 7.74. The Hall–Kier alpha value is -1.55. The summed E-state index contributed by atoms with van der Waals surface area (Å²) >= 11 is 0. The molecule has 1 rings (SSSR count). The van der Waals surface area contributed by atoms with Crippen LogP contribution < -0.4 is 11.5 Å². The van der Waals surface area contributed by atoms with Crippen LogP contribution in [0.25, 0.3) is 0 Å². The number of carbonyl (C=O) groups is 1. The quantitative estimate of drug-likeness (QED) is 0.800. The number of rotatable bonds is 3. The molecule has 0 saturated heterocycles. The first-order chi connectivity index (χ1) is 9.34. The second kappa shape index (κ2) is 5.68. The summed E-state index contributed by atoms with van der Waals surface area (Å²) in [5, 5.41) is 10.6. The minimum Gasteiger partial charge on any atom is -0.507 e. The Morgan fingerprint density at radius 2 is 1.48 bits per heavy atom. The standard InChI is InChI=1S/C17H28N2O2/c1-16(2,3)11-7-10(13(18)9-14(19)20)8-12(15(11)21)17(4,5)6/h7-8,13,21H,9,18H2,1-6H3,(H2,19,20). The average molecular weight is 292 g/mol. The molecule has 4 nitrogen and oxygen atoms in total. The predicted octanol–water partition coefficient (Wildman–Crippen LogP) is 2.86. The maximum atomic E-state index is 11.1. The lowest BCUT2D eigenvalue weighted by Gasteiger charge is -2.29. The summed E-state index contributed by atoms with van der Waals surface area (Å²) in [5.41, 5.74) is 13.4. The van der Waals surface area contributed by atoms with E-state index in [1.165, 1.54) is 0 Å². The topological polar surface area (TPSA) is 89.3 Å². The van der Waals surface area contributed by atoms with Crippen molar-refractivity contribution in [1.29, 1.82) is 0 Å². The molecule has 0 heterocycles. The molecule has 0 aromatic heterocycles. The van der Waals surface area contributed by atoms with Crippen molar-refractivity contribution in [2.24, 2.45) is 11.5 Å². The van der Waals surface area contributed by atoms with Crippen LogP contribution in [0, 0.1) is 0 Å². The molecule has 21 heavy (non-hydrogen) atoms. The number of hydrogen-bond donors (Lipinski definition) is 3. The van der Waals surface area contributed by atoms with Gasteiger partial charge in [-0.3, -0.25) is 4.79 Å². The zero-order valence-electron chi connectivity index (χ0n) is 13.9. The summed E-state index contributed by atoms with van der Waals surface area (Å²) in [7, 11) is 0. The molecule has 1 aromatic rings. The summed E-state index contributed by atoms with van der Waals surface area (Å²) in [4.78, 5) is 11.1. The van der Waals surface area contributed by atoms with Crippen LogP contribution in [-0.2, 0) is 15.6 Å². The highest BCUT2D eigenvalue weighted by atomic mass is 16.3. The van der Waals surface area contributed by atoms with Crippen molar-refractivity contribution in [2.45, 2.75) is 64.8 Å². The number of hydrogen-bond acceptors (Lipinski definition) is 3. The Labute approximate surface area is 127 Å². The molecule has 0 bridgehead atoms. The van der Waals surface area contributed by atoms with Crippen LogP contribution in [0.2, 0.25) is 0 Å². The Kier molecular flexibility index (Phi) is 4.73. The van der Waals surface area contributed by atoms with Gasteiger partial charge >= 0.3 is 0 Å². The number of amides is 1. The van der Waals surface area contributed by atoms with Crippen LogP contribution in [-0.4, -0.2) is 11.0 Å². The van der Waals surface area contributed by atoms with Crippen molar-refractivity contribution >= 4 is 5.91 Å². The molecule has 0 fully saturated rings. The molecule has 0 radical (unpaired) electrons. The van der Waals surface area contributed by atoms with E-state index in [2.05, 4.69) is 0 Å². The molecular weight excluding hydrogens is 264 g/mol. The third-order valence-corrected chi connectivity index (χ3v) is 3.60. The van der Waals surface area contributed by atoms with Gasteiger partial charge < -0.3 is 16.6 Å². The second-order valence-electron chi connectivity index (χ2n) is 7.74. The minimum atomic E-state index is -0.453. The summed E-state index contributed by atoms with van der Waals surface area (Å²) in [6.07, 6.45) is 0.0952. The summed E-state index contributed by atoms with van der Waals surface area (Å²) in [6.45, 7) is 12.2. The van der Waals surface area contributed by atoms with Crippen LogP contribution in [0.3, 0.4) is 0 Å². The van der Waals surface area contributed by atoms with Crippen LogP contribution in [0.5, 0.6) is 5.75 Å². The first kappa shape index (κ1) is 17.5. The van der Waals surface area contributed by atoms with Crippen molar-refractivity contribution in [3.05, 3.63) is 28.8 Å². The summed E-state index contributed by atoms with van der Waals surface area (Å²) in [5.74, 6) is -0.116. The van der Waals surface area contributed by atoms with E-state index in [4.69, 9.17) is 11.5 Å². The van der Waals surface area contributed by atoms with Gasteiger partial charge in [-0.15, -0.1) is 0 Å². The van der Waals surface area contributed by atoms with Gasteiger partial charge in [0.1, 0.15) is 5.75 Å². The van der Waals surface area contributed by atoms with Gasteiger partial charge in [0.25, 0.3) is 0 Å². The SMILES string of the molecule is CC(C)(C)c1cc(C(N)CC(N)=O)cc(C(C)(C)C)c1O. The van der Waals surface area contributed by atoms with Crippen LogP contribution >= 0.6 is 0 Å². The van der Waals surface area contributed by atoms with Gasteiger partial charge in [0, 0.05) is 12.5 Å². The highest BCUT2D eigenvalue weighted by Gasteiger charge is 2.27. The van der Waals surface area contributed by atoms with E-state index in [1.807, 2.05) is 53.7 Å². The Bertz CT molecular complexity index is 502. The van der Waals surface area contributed by atoms with Gasteiger partial charge in [-0.1, -0.05) is 41.5 Å². The third kappa shape index (κ3) is 4.21. The lowest BCUT2D eigenvalue weighted by molar-refractivity contribution is -0.118. The highest BCUT2D eigenvalue weighted by Crippen LogP contribution is 2.40. The zero-order valence-corrected chi connectivity index (χ0v) is 13.9. The number of nitrogens with two attached hydrogens (primary N) is 2. The summed E-state index contributed by atoms with van der Waals surface area (Å²) < 4.78 is 0. The normalized spacial score (nSPS) is 14.0. The van der Waals surface area contributed by atoms with Crippen molar-refractivity contribution in [1.82, 2.24) is 0 Å². The van der Waals surface area contributed by atoms with E-state index < -0.39 is 11.9 Å². The van der Waals surface area contributed by atoms with E-state index >= 15 is 0 Å². The zero-order chi connectivity index (χ0) is 16.6. The van der Waals surface area contributed by atoms with E-state index in [0.717, 1.165) is 16.7 Å². The number of phenols is 1. The van der Waals surface area contributed by atoms with Crippen molar-refractivity contribution in [3.8, 4) is 5.75 Å². The van der Waals surface area contributed by atoms with Gasteiger partial charge in [0.05, 0.1) is 0 Å². The molecular formula is C17H28N2O2. The Morgan fingerprint density at radius 1 is 1.10 bits per heavy atom. The number of phenolic OH excluding ortho intramolecular Hbond substituents is 1. The average Bonchev–Trinajstić information content (AvgIpc) is 2.24. The lowest BCUT2D eigenvalue weighted by Crippen LogP contribution is -2.23. The number of carbonyl (C=O) groups excluding carboxylic acids is 1. The Balaban J connectivity index is 3.51. The molecule has 1 aromatic carbocycles. The molecule has 0 aliphatic heterocycles. The Morgan fingerprint density at radius 3 is 1.76 bits per heavy atom. The predicted molar refractivity (Wildman–Crippen MR) is 86.2 cm³/mol. The number of benzene rings is 1. The molecule has 1 unspecified atom stereocenters. The van der Waals surface area contributed by atoms with Crippen molar-refractivity contribution in [3.63, 3.8) is 0 Å². The van der Waals surface area contributed by atoms with Crippen molar-refractivity contribution in [2.75, 3.05) is 0 Å². The van der Waals surface area contributed by atoms with E-state index in [1.54, 1.807) is 0 Å². The molecule has 118 valence electrons. The number of primary amides is 1. The van der Waals surface area contributed by atoms with Crippen LogP contribution in [0.15, 0.2) is 12.1 Å². The van der Waals surface area contributed by atoms with Gasteiger partial charge in [0.15, 0.2) is 0 Å². The first-order valence-corrected chi connectivity index (χ1v) is 7.25. The van der Waals surface area contributed by atoms with Crippen LogP contribution in [0.1, 0.15) is 70.7 Å². The summed E-state index contributed by atoms with van der Waals surface area (Å²) in [6, 6.07) is 3.32. The molecule has 5 N–H and O–H groups in total. The molecule has 1 amide bonds. The van der Waals surface area contributed by atoms with Crippen LogP contribution in [0.4, 0.5) is 0 Å².